The lowest BCUT2D eigenvalue weighted by Gasteiger charge is -2.31. The molecule has 0 radical (unpaired) electrons. The maximum Gasteiger partial charge on any atom is 0.265 e. The summed E-state index contributed by atoms with van der Waals surface area (Å²) in [6.45, 7) is 10.7. The molecule has 0 aliphatic carbocycles. The lowest BCUT2D eigenvalue weighted by atomic mass is 9.97. The number of para-hydroxylation sites is 1. The van der Waals surface area contributed by atoms with E-state index in [1.807, 2.05) is 42.2 Å². The minimum atomic E-state index is -0.0181. The number of carbonyl (C=O) groups excluding carboxylic acids is 1. The summed E-state index contributed by atoms with van der Waals surface area (Å²) in [7, 11) is 0. The minimum Gasteiger partial charge on any atom is -0.493 e. The smallest absolute Gasteiger partial charge is 0.265 e. The number of ether oxygens (including phenoxy) is 1. The number of hydrogen-bond acceptors (Lipinski definition) is 4. The lowest BCUT2D eigenvalue weighted by molar-refractivity contribution is 0.0665. The Morgan fingerprint density at radius 1 is 1.23 bits per heavy atom. The number of aryl methyl sites for hydroxylation is 1. The van der Waals surface area contributed by atoms with Crippen molar-refractivity contribution in [3.8, 4) is 5.75 Å². The van der Waals surface area contributed by atoms with Crippen LogP contribution in [-0.2, 0) is 5.41 Å². The van der Waals surface area contributed by atoms with Gasteiger partial charge in [0, 0.05) is 18.5 Å². The third kappa shape index (κ3) is 4.44. The Hall–Kier alpha value is -1.88. The van der Waals surface area contributed by atoms with Crippen LogP contribution in [0.1, 0.15) is 54.0 Å². The zero-order valence-corrected chi connectivity index (χ0v) is 16.9. The van der Waals surface area contributed by atoms with Gasteiger partial charge in [-0.3, -0.25) is 4.79 Å². The van der Waals surface area contributed by atoms with E-state index in [9.17, 15) is 4.79 Å². The molecular weight excluding hydrogens is 344 g/mol. The van der Waals surface area contributed by atoms with Gasteiger partial charge in [0.05, 0.1) is 17.3 Å². The van der Waals surface area contributed by atoms with Crippen molar-refractivity contribution >= 4 is 17.2 Å². The number of hydrogen-bond donors (Lipinski definition) is 0. The molecule has 2 heterocycles. The summed E-state index contributed by atoms with van der Waals surface area (Å²) < 4.78 is 5.87. The van der Waals surface area contributed by atoms with Crippen molar-refractivity contribution in [1.82, 2.24) is 9.88 Å². The van der Waals surface area contributed by atoms with Crippen molar-refractivity contribution < 1.29 is 9.53 Å². The molecule has 4 nitrogen and oxygen atoms in total. The van der Waals surface area contributed by atoms with E-state index in [4.69, 9.17) is 4.74 Å². The lowest BCUT2D eigenvalue weighted by Crippen LogP contribution is -2.39. The zero-order valence-electron chi connectivity index (χ0n) is 16.1. The first kappa shape index (κ1) is 18.9. The number of rotatable bonds is 4. The number of piperidine rings is 1. The predicted octanol–water partition coefficient (Wildman–Crippen LogP) is 4.68. The van der Waals surface area contributed by atoms with E-state index < -0.39 is 0 Å². The number of likely N-dealkylation sites (tertiary alicyclic amines) is 1. The molecule has 5 heteroatoms. The molecule has 26 heavy (non-hydrogen) atoms. The van der Waals surface area contributed by atoms with Crippen LogP contribution in [0.4, 0.5) is 0 Å². The molecule has 0 N–H and O–H groups in total. The Morgan fingerprint density at radius 3 is 2.46 bits per heavy atom. The van der Waals surface area contributed by atoms with Crippen LogP contribution >= 0.6 is 11.3 Å². The summed E-state index contributed by atoms with van der Waals surface area (Å²) in [5, 5.41) is 1.03. The van der Waals surface area contributed by atoms with E-state index in [1.54, 1.807) is 11.3 Å². The summed E-state index contributed by atoms with van der Waals surface area (Å²) in [4.78, 5) is 20.3. The Morgan fingerprint density at radius 2 is 1.88 bits per heavy atom. The number of carbonyl (C=O) groups is 1. The molecule has 2 aromatic rings. The molecule has 0 unspecified atom stereocenters. The van der Waals surface area contributed by atoms with Gasteiger partial charge < -0.3 is 9.64 Å². The minimum absolute atomic E-state index is 0.0181. The molecule has 0 bridgehead atoms. The zero-order chi connectivity index (χ0) is 18.7. The second-order valence-corrected chi connectivity index (χ2v) is 9.04. The van der Waals surface area contributed by atoms with Gasteiger partial charge in [-0.05, 0) is 37.8 Å². The van der Waals surface area contributed by atoms with Crippen molar-refractivity contribution in [3.05, 3.63) is 45.9 Å². The molecule has 1 aliphatic heterocycles. The molecule has 3 rings (SSSR count). The van der Waals surface area contributed by atoms with Gasteiger partial charge in [0.1, 0.15) is 10.6 Å². The van der Waals surface area contributed by atoms with Gasteiger partial charge in [-0.1, -0.05) is 39.0 Å². The van der Waals surface area contributed by atoms with Crippen molar-refractivity contribution in [3.63, 3.8) is 0 Å². The van der Waals surface area contributed by atoms with E-state index in [0.717, 1.165) is 53.9 Å². The number of thiazole rings is 1. The molecule has 1 amide bonds. The van der Waals surface area contributed by atoms with Crippen LogP contribution in [0.2, 0.25) is 0 Å². The monoisotopic (exact) mass is 372 g/mol. The highest BCUT2D eigenvalue weighted by molar-refractivity contribution is 7.14. The summed E-state index contributed by atoms with van der Waals surface area (Å²) >= 11 is 1.55. The fourth-order valence-corrected chi connectivity index (χ4v) is 4.18. The van der Waals surface area contributed by atoms with Gasteiger partial charge in [0.25, 0.3) is 5.91 Å². The average molecular weight is 373 g/mol. The van der Waals surface area contributed by atoms with Crippen LogP contribution in [0, 0.1) is 12.8 Å². The number of aromatic nitrogens is 1. The maximum absolute atomic E-state index is 12.9. The Balaban J connectivity index is 1.55. The van der Waals surface area contributed by atoms with E-state index >= 15 is 0 Å². The molecule has 1 aliphatic rings. The van der Waals surface area contributed by atoms with Crippen LogP contribution in [0.5, 0.6) is 5.75 Å². The Bertz CT molecular complexity index is 741. The molecular formula is C21H28N2O2S. The van der Waals surface area contributed by atoms with Gasteiger partial charge in [-0.15, -0.1) is 11.3 Å². The van der Waals surface area contributed by atoms with E-state index in [0.29, 0.717) is 5.92 Å². The van der Waals surface area contributed by atoms with Gasteiger partial charge in [-0.25, -0.2) is 4.98 Å². The van der Waals surface area contributed by atoms with Crippen molar-refractivity contribution in [2.75, 3.05) is 19.7 Å². The van der Waals surface area contributed by atoms with Gasteiger partial charge in [0.15, 0.2) is 0 Å². The van der Waals surface area contributed by atoms with Gasteiger partial charge in [0.2, 0.25) is 0 Å². The number of benzene rings is 1. The quantitative estimate of drug-likeness (QED) is 0.782. The van der Waals surface area contributed by atoms with Crippen LogP contribution in [-0.4, -0.2) is 35.5 Å². The summed E-state index contributed by atoms with van der Waals surface area (Å²) in [6, 6.07) is 9.93. The first-order valence-electron chi connectivity index (χ1n) is 9.29. The normalized spacial score (nSPS) is 15.9. The molecule has 0 spiro atoms. The van der Waals surface area contributed by atoms with Crippen LogP contribution in [0.25, 0.3) is 0 Å². The van der Waals surface area contributed by atoms with Crippen molar-refractivity contribution in [2.24, 2.45) is 5.92 Å². The molecule has 1 aromatic heterocycles. The third-order valence-corrected chi connectivity index (χ3v) is 6.33. The number of amides is 1. The maximum atomic E-state index is 12.9. The fraction of sp³-hybridized carbons (Fsp3) is 0.524. The van der Waals surface area contributed by atoms with Crippen molar-refractivity contribution in [1.29, 1.82) is 0 Å². The van der Waals surface area contributed by atoms with Gasteiger partial charge in [-0.2, -0.15) is 0 Å². The Kier molecular flexibility index (Phi) is 5.66. The topological polar surface area (TPSA) is 42.4 Å². The third-order valence-electron chi connectivity index (χ3n) is 4.76. The highest BCUT2D eigenvalue weighted by atomic mass is 32.1. The molecule has 0 atom stereocenters. The second-order valence-electron chi connectivity index (χ2n) is 8.04. The van der Waals surface area contributed by atoms with E-state index in [-0.39, 0.29) is 11.3 Å². The van der Waals surface area contributed by atoms with Crippen LogP contribution in [0.15, 0.2) is 30.3 Å². The molecule has 1 saturated heterocycles. The van der Waals surface area contributed by atoms with Crippen molar-refractivity contribution in [2.45, 2.75) is 46.0 Å². The first-order chi connectivity index (χ1) is 12.3. The standard InChI is InChI=1S/C21H28N2O2S/c1-15-18(26-20(22-15)21(2,3)4)19(24)23-12-10-16(11-13-23)14-25-17-8-6-5-7-9-17/h5-9,16H,10-14H2,1-4H3. The summed E-state index contributed by atoms with van der Waals surface area (Å²) in [5.41, 5.74) is 0.842. The van der Waals surface area contributed by atoms with Gasteiger partial charge >= 0.3 is 0 Å². The van der Waals surface area contributed by atoms with E-state index in [1.165, 1.54) is 0 Å². The molecule has 1 fully saturated rings. The highest BCUT2D eigenvalue weighted by Crippen LogP contribution is 2.31. The molecule has 1 aromatic carbocycles. The molecule has 140 valence electrons. The van der Waals surface area contributed by atoms with Crippen LogP contribution in [0.3, 0.4) is 0 Å². The van der Waals surface area contributed by atoms with Crippen LogP contribution < -0.4 is 4.74 Å². The summed E-state index contributed by atoms with van der Waals surface area (Å²) in [5.74, 6) is 1.56. The predicted molar refractivity (Wildman–Crippen MR) is 106 cm³/mol. The SMILES string of the molecule is Cc1nc(C(C)(C)C)sc1C(=O)N1CCC(COc2ccccc2)CC1. The average Bonchev–Trinajstić information content (AvgIpc) is 3.03. The Labute approximate surface area is 160 Å². The second kappa shape index (κ2) is 7.78. The number of nitrogens with zero attached hydrogens (tertiary/aromatic N) is 2. The largest absolute Gasteiger partial charge is 0.493 e. The fourth-order valence-electron chi connectivity index (χ4n) is 3.09. The highest BCUT2D eigenvalue weighted by Gasteiger charge is 2.28. The van der Waals surface area contributed by atoms with E-state index in [2.05, 4.69) is 25.8 Å². The first-order valence-corrected chi connectivity index (χ1v) is 10.1. The summed E-state index contributed by atoms with van der Waals surface area (Å²) in [6.07, 6.45) is 1.98. The molecule has 0 saturated carbocycles.